The number of ether oxygens (including phenoxy) is 1. The van der Waals surface area contributed by atoms with Crippen LogP contribution in [0.25, 0.3) is 11.1 Å². The van der Waals surface area contributed by atoms with E-state index in [1.165, 1.54) is 0 Å². The molecule has 0 bridgehead atoms. The highest BCUT2D eigenvalue weighted by atomic mass is 16.5. The Morgan fingerprint density at radius 3 is 2.18 bits per heavy atom. The molecule has 0 heterocycles. The lowest BCUT2D eigenvalue weighted by molar-refractivity contribution is -0.138. The van der Waals surface area contributed by atoms with E-state index in [0.717, 1.165) is 41.5 Å². The third-order valence-electron chi connectivity index (χ3n) is 7.14. The number of rotatable bonds is 10. The van der Waals surface area contributed by atoms with Crippen LogP contribution >= 0.6 is 0 Å². The van der Waals surface area contributed by atoms with E-state index in [9.17, 15) is 19.5 Å². The zero-order valence-corrected chi connectivity index (χ0v) is 19.5. The first-order valence-electron chi connectivity index (χ1n) is 12.1. The molecule has 2 aliphatic rings. The Hall–Kier alpha value is -3.35. The molecule has 2 aromatic carbocycles. The van der Waals surface area contributed by atoms with Crippen LogP contribution in [0.15, 0.2) is 48.5 Å². The maximum Gasteiger partial charge on any atom is 0.407 e. The van der Waals surface area contributed by atoms with Gasteiger partial charge in [-0.25, -0.2) is 4.79 Å². The monoisotopic (exact) mass is 464 g/mol. The molecule has 0 saturated heterocycles. The fourth-order valence-electron chi connectivity index (χ4n) is 4.94. The molecule has 7 nitrogen and oxygen atoms in total. The van der Waals surface area contributed by atoms with Gasteiger partial charge in [0, 0.05) is 18.5 Å². The zero-order valence-electron chi connectivity index (χ0n) is 19.5. The van der Waals surface area contributed by atoms with Gasteiger partial charge in [0.2, 0.25) is 5.91 Å². The summed E-state index contributed by atoms with van der Waals surface area (Å²) in [4.78, 5) is 36.4. The number of hydrogen-bond donors (Lipinski definition) is 3. The van der Waals surface area contributed by atoms with Gasteiger partial charge in [0.05, 0.1) is 12.3 Å². The first-order chi connectivity index (χ1) is 16.5. The minimum absolute atomic E-state index is 0.0253. The summed E-state index contributed by atoms with van der Waals surface area (Å²) in [5.74, 6) is -1.39. The van der Waals surface area contributed by atoms with E-state index in [0.29, 0.717) is 6.42 Å². The molecule has 4 rings (SSSR count). The molecule has 1 saturated carbocycles. The maximum atomic E-state index is 12.8. The standard InChI is InChI=1S/C27H32N2O5/c1-2-17(26(32)29-24(14-25(30)31)18-8-7-9-18)15-28-27(33)34-16-23-21-12-5-3-10-19(21)20-11-4-6-13-22(20)23/h3-6,10-13,17-18,23-24H,2,7-9,14-16H2,1H3,(H,28,33)(H,29,32)(H,30,31). The maximum absolute atomic E-state index is 12.8. The second kappa shape index (κ2) is 10.7. The van der Waals surface area contributed by atoms with Gasteiger partial charge in [-0.3, -0.25) is 9.59 Å². The molecule has 0 aliphatic heterocycles. The van der Waals surface area contributed by atoms with E-state index >= 15 is 0 Å². The Labute approximate surface area is 199 Å². The Morgan fingerprint density at radius 1 is 1.03 bits per heavy atom. The largest absolute Gasteiger partial charge is 0.481 e. The zero-order chi connectivity index (χ0) is 24.1. The van der Waals surface area contributed by atoms with Crippen molar-refractivity contribution in [2.45, 2.75) is 51.0 Å². The summed E-state index contributed by atoms with van der Waals surface area (Å²) in [5.41, 5.74) is 4.61. The van der Waals surface area contributed by atoms with Crippen LogP contribution in [0, 0.1) is 11.8 Å². The van der Waals surface area contributed by atoms with Crippen molar-refractivity contribution in [1.29, 1.82) is 0 Å². The van der Waals surface area contributed by atoms with Crippen molar-refractivity contribution in [3.05, 3.63) is 59.7 Å². The smallest absolute Gasteiger partial charge is 0.407 e. The molecule has 7 heteroatoms. The molecule has 2 amide bonds. The first kappa shape index (κ1) is 23.8. The van der Waals surface area contributed by atoms with Gasteiger partial charge in [0.1, 0.15) is 6.61 Å². The number of carbonyl (C=O) groups is 3. The molecule has 2 aromatic rings. The molecule has 0 radical (unpaired) electrons. The van der Waals surface area contributed by atoms with Crippen LogP contribution < -0.4 is 10.6 Å². The Balaban J connectivity index is 1.30. The minimum atomic E-state index is -0.915. The molecule has 2 unspecified atom stereocenters. The van der Waals surface area contributed by atoms with Crippen molar-refractivity contribution in [2.24, 2.45) is 11.8 Å². The highest BCUT2D eigenvalue weighted by Gasteiger charge is 2.32. The summed E-state index contributed by atoms with van der Waals surface area (Å²) in [7, 11) is 0. The highest BCUT2D eigenvalue weighted by Crippen LogP contribution is 2.44. The lowest BCUT2D eigenvalue weighted by atomic mass is 9.78. The lowest BCUT2D eigenvalue weighted by Gasteiger charge is -2.34. The number of carboxylic acid groups (broad SMARTS) is 1. The Kier molecular flexibility index (Phi) is 7.50. The molecule has 0 aromatic heterocycles. The normalized spacial score (nSPS) is 16.5. The fraction of sp³-hybridized carbons (Fsp3) is 0.444. The van der Waals surface area contributed by atoms with E-state index in [1.807, 2.05) is 31.2 Å². The SMILES string of the molecule is CCC(CNC(=O)OCC1c2ccccc2-c2ccccc21)C(=O)NC(CC(=O)O)C1CCC1. The van der Waals surface area contributed by atoms with Crippen LogP contribution in [0.2, 0.25) is 0 Å². The third-order valence-corrected chi connectivity index (χ3v) is 7.14. The molecular weight excluding hydrogens is 432 g/mol. The highest BCUT2D eigenvalue weighted by molar-refractivity contribution is 5.81. The van der Waals surface area contributed by atoms with Gasteiger partial charge >= 0.3 is 12.1 Å². The number of carboxylic acids is 1. The van der Waals surface area contributed by atoms with E-state index in [4.69, 9.17) is 4.74 Å². The number of amides is 2. The number of alkyl carbamates (subject to hydrolysis) is 1. The van der Waals surface area contributed by atoms with Crippen LogP contribution in [0.3, 0.4) is 0 Å². The van der Waals surface area contributed by atoms with Gasteiger partial charge < -0.3 is 20.5 Å². The number of benzene rings is 2. The second-order valence-corrected chi connectivity index (χ2v) is 9.22. The van der Waals surface area contributed by atoms with Gasteiger partial charge in [0.25, 0.3) is 0 Å². The minimum Gasteiger partial charge on any atom is -0.481 e. The lowest BCUT2D eigenvalue weighted by Crippen LogP contribution is -2.48. The van der Waals surface area contributed by atoms with Crippen molar-refractivity contribution < 1.29 is 24.2 Å². The average Bonchev–Trinajstić information content (AvgIpc) is 3.10. The van der Waals surface area contributed by atoms with E-state index in [1.54, 1.807) is 0 Å². The molecule has 3 N–H and O–H groups in total. The van der Waals surface area contributed by atoms with Gasteiger partial charge in [-0.15, -0.1) is 0 Å². The van der Waals surface area contributed by atoms with Crippen molar-refractivity contribution in [1.82, 2.24) is 10.6 Å². The quantitative estimate of drug-likeness (QED) is 0.486. The first-order valence-corrected chi connectivity index (χ1v) is 12.1. The van der Waals surface area contributed by atoms with Gasteiger partial charge in [0.15, 0.2) is 0 Å². The summed E-state index contributed by atoms with van der Waals surface area (Å²) in [6.45, 7) is 2.23. The molecule has 34 heavy (non-hydrogen) atoms. The van der Waals surface area contributed by atoms with Crippen molar-refractivity contribution in [3.63, 3.8) is 0 Å². The van der Waals surface area contributed by atoms with Crippen LogP contribution in [0.1, 0.15) is 56.1 Å². The summed E-state index contributed by atoms with van der Waals surface area (Å²) in [6, 6.07) is 15.9. The molecule has 0 spiro atoms. The predicted octanol–water partition coefficient (Wildman–Crippen LogP) is 4.31. The molecule has 2 atom stereocenters. The van der Waals surface area contributed by atoms with Crippen LogP contribution in [0.4, 0.5) is 4.79 Å². The Morgan fingerprint density at radius 2 is 1.65 bits per heavy atom. The molecular formula is C27H32N2O5. The van der Waals surface area contributed by atoms with Crippen molar-refractivity contribution in [2.75, 3.05) is 13.2 Å². The number of carbonyl (C=O) groups excluding carboxylic acids is 2. The summed E-state index contributed by atoms with van der Waals surface area (Å²) in [6.07, 6.45) is 2.83. The number of hydrogen-bond acceptors (Lipinski definition) is 4. The van der Waals surface area contributed by atoms with Gasteiger partial charge in [-0.1, -0.05) is 61.9 Å². The van der Waals surface area contributed by atoms with E-state index < -0.39 is 18.0 Å². The summed E-state index contributed by atoms with van der Waals surface area (Å²) >= 11 is 0. The third kappa shape index (κ3) is 5.24. The summed E-state index contributed by atoms with van der Waals surface area (Å²) < 4.78 is 5.55. The Bertz CT molecular complexity index is 1000. The molecule has 180 valence electrons. The molecule has 2 aliphatic carbocycles. The fourth-order valence-corrected chi connectivity index (χ4v) is 4.94. The number of nitrogens with one attached hydrogen (secondary N) is 2. The van der Waals surface area contributed by atoms with E-state index in [-0.39, 0.29) is 43.4 Å². The predicted molar refractivity (Wildman–Crippen MR) is 128 cm³/mol. The van der Waals surface area contributed by atoms with Crippen LogP contribution in [-0.2, 0) is 14.3 Å². The second-order valence-electron chi connectivity index (χ2n) is 9.22. The van der Waals surface area contributed by atoms with Crippen molar-refractivity contribution >= 4 is 18.0 Å². The average molecular weight is 465 g/mol. The number of aliphatic carboxylic acids is 1. The van der Waals surface area contributed by atoms with Crippen molar-refractivity contribution in [3.8, 4) is 11.1 Å². The summed E-state index contributed by atoms with van der Waals surface area (Å²) in [5, 5.41) is 14.8. The van der Waals surface area contributed by atoms with Crippen LogP contribution in [0.5, 0.6) is 0 Å². The molecule has 1 fully saturated rings. The van der Waals surface area contributed by atoms with Crippen LogP contribution in [-0.4, -0.2) is 42.3 Å². The topological polar surface area (TPSA) is 105 Å². The van der Waals surface area contributed by atoms with Gasteiger partial charge in [-0.05, 0) is 47.4 Å². The van der Waals surface area contributed by atoms with Gasteiger partial charge in [-0.2, -0.15) is 0 Å². The van der Waals surface area contributed by atoms with E-state index in [2.05, 4.69) is 34.9 Å². The number of fused-ring (bicyclic) bond motifs is 3.